The molecule has 140 valence electrons. The molecule has 1 N–H and O–H groups in total. The van der Waals surface area contributed by atoms with Crippen molar-refractivity contribution in [2.75, 3.05) is 6.54 Å². The summed E-state index contributed by atoms with van der Waals surface area (Å²) in [5, 5.41) is 7.24. The summed E-state index contributed by atoms with van der Waals surface area (Å²) in [5.41, 5.74) is 4.79. The number of carbonyl (C=O) groups is 1. The van der Waals surface area contributed by atoms with E-state index >= 15 is 0 Å². The van der Waals surface area contributed by atoms with Crippen LogP contribution >= 0.6 is 0 Å². The minimum atomic E-state index is -0.0461. The highest BCUT2D eigenvalue weighted by Gasteiger charge is 2.22. The van der Waals surface area contributed by atoms with Gasteiger partial charge in [-0.25, -0.2) is 4.98 Å². The van der Waals surface area contributed by atoms with E-state index < -0.39 is 0 Å². The van der Waals surface area contributed by atoms with Crippen LogP contribution in [0, 0.1) is 12.8 Å². The van der Waals surface area contributed by atoms with Gasteiger partial charge in [-0.05, 0) is 37.8 Å². The second kappa shape index (κ2) is 6.64. The van der Waals surface area contributed by atoms with Crippen LogP contribution in [0.3, 0.4) is 0 Å². The van der Waals surface area contributed by atoms with Crippen molar-refractivity contribution in [3.63, 3.8) is 0 Å². The topological polar surface area (TPSA) is 72.4 Å². The number of nitrogens with one attached hydrogen (secondary N) is 1. The number of benzene rings is 1. The molecule has 0 bridgehead atoms. The number of aromatic nitrogens is 3. The molecule has 1 aliphatic rings. The highest BCUT2D eigenvalue weighted by molar-refractivity contribution is 5.94. The fourth-order valence-electron chi connectivity index (χ4n) is 3.37. The fourth-order valence-corrected chi connectivity index (χ4v) is 3.37. The Morgan fingerprint density at radius 2 is 2.00 bits per heavy atom. The van der Waals surface area contributed by atoms with Gasteiger partial charge in [0.25, 0.3) is 5.91 Å². The summed E-state index contributed by atoms with van der Waals surface area (Å²) in [4.78, 5) is 17.1. The molecular weight excluding hydrogens is 352 g/mol. The van der Waals surface area contributed by atoms with Crippen molar-refractivity contribution in [1.82, 2.24) is 19.9 Å². The van der Waals surface area contributed by atoms with Gasteiger partial charge in [-0.1, -0.05) is 35.5 Å². The maximum absolute atomic E-state index is 12.4. The normalized spacial score (nSPS) is 13.8. The van der Waals surface area contributed by atoms with Crippen molar-refractivity contribution in [2.24, 2.45) is 5.92 Å². The first-order chi connectivity index (χ1) is 13.7. The third-order valence-corrected chi connectivity index (χ3v) is 5.13. The molecule has 0 aliphatic heterocycles. The molecule has 1 fully saturated rings. The molecule has 0 spiro atoms. The minimum absolute atomic E-state index is 0.0461. The molecule has 1 aromatic carbocycles. The van der Waals surface area contributed by atoms with E-state index in [1.54, 1.807) is 0 Å². The summed E-state index contributed by atoms with van der Waals surface area (Å²) in [5.74, 6) is 1.32. The zero-order chi connectivity index (χ0) is 19.1. The zero-order valence-corrected chi connectivity index (χ0v) is 15.6. The van der Waals surface area contributed by atoms with Gasteiger partial charge >= 0.3 is 0 Å². The number of hydrogen-bond donors (Lipinski definition) is 1. The molecule has 4 aromatic rings. The zero-order valence-electron chi connectivity index (χ0n) is 15.6. The van der Waals surface area contributed by atoms with Crippen LogP contribution in [0.5, 0.6) is 0 Å². The summed E-state index contributed by atoms with van der Waals surface area (Å²) in [6.45, 7) is 2.64. The molecule has 0 saturated heterocycles. The maximum Gasteiger partial charge on any atom is 0.252 e. The first-order valence-corrected chi connectivity index (χ1v) is 9.48. The highest BCUT2D eigenvalue weighted by atomic mass is 16.5. The summed E-state index contributed by atoms with van der Waals surface area (Å²) < 4.78 is 7.34. The van der Waals surface area contributed by atoms with Crippen LogP contribution in [0.25, 0.3) is 28.2 Å². The third kappa shape index (κ3) is 3.07. The number of aryl methyl sites for hydroxylation is 1. The van der Waals surface area contributed by atoms with E-state index in [0.717, 1.165) is 34.7 Å². The van der Waals surface area contributed by atoms with Crippen LogP contribution in [0.4, 0.5) is 0 Å². The number of carbonyl (C=O) groups excluding carboxylic acids is 1. The van der Waals surface area contributed by atoms with Crippen LogP contribution in [-0.4, -0.2) is 27.0 Å². The lowest BCUT2D eigenvalue weighted by molar-refractivity contribution is 0.0951. The molecule has 3 heterocycles. The standard InChI is InChI=1S/C22H20N4O2/c1-14-20(21(25-28-14)16-5-3-2-4-6-16)18-13-26-12-17(9-10-19(26)24-18)22(27)23-11-15-7-8-15/h2-6,9-10,12-13,15H,7-8,11H2,1H3,(H,23,27). The van der Waals surface area contributed by atoms with E-state index in [4.69, 9.17) is 9.51 Å². The van der Waals surface area contributed by atoms with E-state index in [1.807, 2.05) is 66.2 Å². The number of nitrogens with zero attached hydrogens (tertiary/aromatic N) is 3. The Labute approximate surface area is 162 Å². The molecular formula is C22H20N4O2. The van der Waals surface area contributed by atoms with Crippen LogP contribution in [0.15, 0.2) is 59.4 Å². The molecule has 0 atom stereocenters. The van der Waals surface area contributed by atoms with Crippen LogP contribution in [0.2, 0.25) is 0 Å². The Bertz CT molecular complexity index is 1160. The average Bonchev–Trinajstić information content (AvgIpc) is 3.33. The minimum Gasteiger partial charge on any atom is -0.360 e. The average molecular weight is 372 g/mol. The van der Waals surface area contributed by atoms with Gasteiger partial charge < -0.3 is 14.2 Å². The smallest absolute Gasteiger partial charge is 0.252 e. The summed E-state index contributed by atoms with van der Waals surface area (Å²) in [6.07, 6.45) is 6.16. The molecule has 6 nitrogen and oxygen atoms in total. The number of hydrogen-bond acceptors (Lipinski definition) is 4. The molecule has 6 heteroatoms. The van der Waals surface area contributed by atoms with E-state index in [-0.39, 0.29) is 5.91 Å². The Morgan fingerprint density at radius 1 is 1.18 bits per heavy atom. The Hall–Kier alpha value is -3.41. The number of rotatable bonds is 5. The van der Waals surface area contributed by atoms with Crippen molar-refractivity contribution >= 4 is 11.6 Å². The number of amides is 1. The van der Waals surface area contributed by atoms with Crippen molar-refractivity contribution in [1.29, 1.82) is 0 Å². The van der Waals surface area contributed by atoms with Gasteiger partial charge in [0, 0.05) is 24.5 Å². The van der Waals surface area contributed by atoms with Gasteiger partial charge in [-0.15, -0.1) is 0 Å². The third-order valence-electron chi connectivity index (χ3n) is 5.13. The first kappa shape index (κ1) is 16.7. The quantitative estimate of drug-likeness (QED) is 0.572. The summed E-state index contributed by atoms with van der Waals surface area (Å²) in [7, 11) is 0. The van der Waals surface area contributed by atoms with Gasteiger partial charge in [0.1, 0.15) is 17.1 Å². The molecule has 0 unspecified atom stereocenters. The SMILES string of the molecule is Cc1onc(-c2ccccc2)c1-c1cn2cc(C(=O)NCC3CC3)ccc2n1. The van der Waals surface area contributed by atoms with Gasteiger partial charge in [0.15, 0.2) is 0 Å². The molecule has 28 heavy (non-hydrogen) atoms. The van der Waals surface area contributed by atoms with Gasteiger partial charge in [0.05, 0.1) is 16.8 Å². The molecule has 1 amide bonds. The van der Waals surface area contributed by atoms with Crippen LogP contribution in [0.1, 0.15) is 29.0 Å². The number of pyridine rings is 1. The Balaban J connectivity index is 1.50. The van der Waals surface area contributed by atoms with E-state index in [9.17, 15) is 4.79 Å². The molecule has 0 radical (unpaired) electrons. The van der Waals surface area contributed by atoms with E-state index in [1.165, 1.54) is 12.8 Å². The molecule has 5 rings (SSSR count). The molecule has 1 saturated carbocycles. The van der Waals surface area contributed by atoms with Crippen molar-refractivity contribution in [3.05, 3.63) is 66.2 Å². The maximum atomic E-state index is 12.4. The van der Waals surface area contributed by atoms with E-state index in [0.29, 0.717) is 17.2 Å². The second-order valence-electron chi connectivity index (χ2n) is 7.29. The molecule has 3 aromatic heterocycles. The second-order valence-corrected chi connectivity index (χ2v) is 7.29. The van der Waals surface area contributed by atoms with Gasteiger partial charge in [0.2, 0.25) is 0 Å². The Kier molecular flexibility index (Phi) is 3.97. The van der Waals surface area contributed by atoms with Crippen molar-refractivity contribution in [2.45, 2.75) is 19.8 Å². The Morgan fingerprint density at radius 3 is 2.79 bits per heavy atom. The van der Waals surface area contributed by atoms with Crippen LogP contribution in [-0.2, 0) is 0 Å². The van der Waals surface area contributed by atoms with Gasteiger partial charge in [-0.3, -0.25) is 4.79 Å². The predicted molar refractivity (Wildman–Crippen MR) is 106 cm³/mol. The van der Waals surface area contributed by atoms with Crippen LogP contribution < -0.4 is 5.32 Å². The predicted octanol–water partition coefficient (Wildman–Crippen LogP) is 4.10. The monoisotopic (exact) mass is 372 g/mol. The largest absolute Gasteiger partial charge is 0.360 e. The fraction of sp³-hybridized carbons (Fsp3) is 0.227. The number of imidazole rings is 1. The lowest BCUT2D eigenvalue weighted by Gasteiger charge is -2.04. The molecule has 1 aliphatic carbocycles. The van der Waals surface area contributed by atoms with Gasteiger partial charge in [-0.2, -0.15) is 0 Å². The van der Waals surface area contributed by atoms with Crippen molar-refractivity contribution in [3.8, 4) is 22.5 Å². The lowest BCUT2D eigenvalue weighted by Crippen LogP contribution is -2.25. The number of fused-ring (bicyclic) bond motifs is 1. The summed E-state index contributed by atoms with van der Waals surface area (Å²) in [6, 6.07) is 13.6. The van der Waals surface area contributed by atoms with Crippen molar-refractivity contribution < 1.29 is 9.32 Å². The van der Waals surface area contributed by atoms with E-state index in [2.05, 4.69) is 10.5 Å². The summed E-state index contributed by atoms with van der Waals surface area (Å²) >= 11 is 0. The lowest BCUT2D eigenvalue weighted by atomic mass is 10.0. The highest BCUT2D eigenvalue weighted by Crippen LogP contribution is 2.33. The first-order valence-electron chi connectivity index (χ1n) is 9.48.